The van der Waals surface area contributed by atoms with E-state index in [0.717, 1.165) is 17.0 Å². The maximum absolute atomic E-state index is 9.02. The standard InChI is InChI=1S/C11H13N3O/c1-8-5-3-4-6-9(8)11-13-12-10(7-15)14(11)2/h3-6,15H,7H2,1-2H3. The van der Waals surface area contributed by atoms with E-state index in [-0.39, 0.29) is 6.61 Å². The molecule has 0 aliphatic rings. The minimum Gasteiger partial charge on any atom is -0.388 e. The van der Waals surface area contributed by atoms with Crippen molar-refractivity contribution in [2.45, 2.75) is 13.5 Å². The molecule has 4 heteroatoms. The summed E-state index contributed by atoms with van der Waals surface area (Å²) in [5.41, 5.74) is 2.20. The van der Waals surface area contributed by atoms with Crippen LogP contribution in [0.4, 0.5) is 0 Å². The van der Waals surface area contributed by atoms with Gasteiger partial charge in [-0.3, -0.25) is 0 Å². The molecule has 1 aromatic carbocycles. The van der Waals surface area contributed by atoms with E-state index in [1.807, 2.05) is 42.8 Å². The number of hydrogen-bond donors (Lipinski definition) is 1. The first-order valence-electron chi connectivity index (χ1n) is 4.79. The molecule has 0 aliphatic heterocycles. The van der Waals surface area contributed by atoms with Crippen molar-refractivity contribution in [3.8, 4) is 11.4 Å². The van der Waals surface area contributed by atoms with Crippen molar-refractivity contribution in [1.29, 1.82) is 0 Å². The number of aromatic nitrogens is 3. The maximum Gasteiger partial charge on any atom is 0.164 e. The van der Waals surface area contributed by atoms with Gasteiger partial charge < -0.3 is 9.67 Å². The second-order valence-electron chi connectivity index (χ2n) is 3.47. The van der Waals surface area contributed by atoms with Gasteiger partial charge in [-0.1, -0.05) is 24.3 Å². The molecule has 0 saturated carbocycles. The van der Waals surface area contributed by atoms with Gasteiger partial charge in [0, 0.05) is 12.6 Å². The molecule has 78 valence electrons. The average molecular weight is 203 g/mol. The molecule has 1 aromatic heterocycles. The van der Waals surface area contributed by atoms with E-state index < -0.39 is 0 Å². The van der Waals surface area contributed by atoms with Crippen molar-refractivity contribution in [3.63, 3.8) is 0 Å². The van der Waals surface area contributed by atoms with Gasteiger partial charge in [0.1, 0.15) is 6.61 Å². The Hall–Kier alpha value is -1.68. The van der Waals surface area contributed by atoms with Crippen LogP contribution in [0, 0.1) is 6.92 Å². The van der Waals surface area contributed by atoms with Crippen LogP contribution in [0.1, 0.15) is 11.4 Å². The number of nitrogens with zero attached hydrogens (tertiary/aromatic N) is 3. The fourth-order valence-electron chi connectivity index (χ4n) is 1.56. The molecule has 0 unspecified atom stereocenters. The van der Waals surface area contributed by atoms with Gasteiger partial charge >= 0.3 is 0 Å². The molecule has 0 spiro atoms. The Morgan fingerprint density at radius 1 is 1.27 bits per heavy atom. The Bertz CT molecular complexity index is 476. The molecule has 15 heavy (non-hydrogen) atoms. The van der Waals surface area contributed by atoms with Crippen molar-refractivity contribution >= 4 is 0 Å². The first-order valence-corrected chi connectivity index (χ1v) is 4.79. The lowest BCUT2D eigenvalue weighted by molar-refractivity contribution is 0.267. The number of aryl methyl sites for hydroxylation is 1. The van der Waals surface area contributed by atoms with Crippen LogP contribution < -0.4 is 0 Å². The lowest BCUT2D eigenvalue weighted by Crippen LogP contribution is -1.99. The molecule has 0 aliphatic carbocycles. The summed E-state index contributed by atoms with van der Waals surface area (Å²) >= 11 is 0. The highest BCUT2D eigenvalue weighted by molar-refractivity contribution is 5.59. The third-order valence-electron chi connectivity index (χ3n) is 2.49. The average Bonchev–Trinajstić information content (AvgIpc) is 2.60. The molecule has 0 radical (unpaired) electrons. The van der Waals surface area contributed by atoms with E-state index in [2.05, 4.69) is 10.2 Å². The number of hydrogen-bond acceptors (Lipinski definition) is 3. The van der Waals surface area contributed by atoms with Crippen molar-refractivity contribution in [3.05, 3.63) is 35.7 Å². The largest absolute Gasteiger partial charge is 0.388 e. The normalized spacial score (nSPS) is 10.6. The first kappa shape index (κ1) is 9.86. The zero-order valence-electron chi connectivity index (χ0n) is 8.81. The fourth-order valence-corrected chi connectivity index (χ4v) is 1.56. The third-order valence-corrected chi connectivity index (χ3v) is 2.49. The van der Waals surface area contributed by atoms with E-state index in [1.54, 1.807) is 0 Å². The summed E-state index contributed by atoms with van der Waals surface area (Å²) in [6.45, 7) is 1.94. The molecule has 2 aromatic rings. The van der Waals surface area contributed by atoms with E-state index in [1.165, 1.54) is 0 Å². The number of aliphatic hydroxyl groups excluding tert-OH is 1. The zero-order valence-corrected chi connectivity index (χ0v) is 8.81. The zero-order chi connectivity index (χ0) is 10.8. The summed E-state index contributed by atoms with van der Waals surface area (Å²) in [7, 11) is 1.85. The van der Waals surface area contributed by atoms with Crippen LogP contribution in [0.15, 0.2) is 24.3 Å². The minimum absolute atomic E-state index is 0.0879. The SMILES string of the molecule is Cc1ccccc1-c1nnc(CO)n1C. The Balaban J connectivity index is 2.55. The summed E-state index contributed by atoms with van der Waals surface area (Å²) in [5, 5.41) is 17.0. The molecule has 0 atom stereocenters. The van der Waals surface area contributed by atoms with Gasteiger partial charge in [-0.25, -0.2) is 0 Å². The van der Waals surface area contributed by atoms with Gasteiger partial charge in [-0.2, -0.15) is 0 Å². The molecule has 1 N–H and O–H groups in total. The lowest BCUT2D eigenvalue weighted by atomic mass is 10.1. The lowest BCUT2D eigenvalue weighted by Gasteiger charge is -2.04. The van der Waals surface area contributed by atoms with Gasteiger partial charge in [0.05, 0.1) is 0 Å². The smallest absolute Gasteiger partial charge is 0.164 e. The Kier molecular flexibility index (Phi) is 2.51. The molecule has 0 bridgehead atoms. The summed E-state index contributed by atoms with van der Waals surface area (Å²) in [6.07, 6.45) is 0. The van der Waals surface area contributed by atoms with Crippen LogP contribution >= 0.6 is 0 Å². The van der Waals surface area contributed by atoms with Crippen LogP contribution in [0.25, 0.3) is 11.4 Å². The van der Waals surface area contributed by atoms with Crippen molar-refractivity contribution in [2.75, 3.05) is 0 Å². The Labute approximate surface area is 88.2 Å². The molecule has 0 amide bonds. The predicted molar refractivity (Wildman–Crippen MR) is 57.1 cm³/mol. The number of aliphatic hydroxyl groups is 1. The highest BCUT2D eigenvalue weighted by Gasteiger charge is 2.10. The Morgan fingerprint density at radius 2 is 2.00 bits per heavy atom. The highest BCUT2D eigenvalue weighted by atomic mass is 16.3. The van der Waals surface area contributed by atoms with E-state index in [9.17, 15) is 0 Å². The summed E-state index contributed by atoms with van der Waals surface area (Å²) in [5.74, 6) is 1.37. The third kappa shape index (κ3) is 1.64. The molecular weight excluding hydrogens is 190 g/mol. The topological polar surface area (TPSA) is 50.9 Å². The van der Waals surface area contributed by atoms with Crippen LogP contribution in [-0.2, 0) is 13.7 Å². The Morgan fingerprint density at radius 3 is 2.60 bits per heavy atom. The predicted octanol–water partition coefficient (Wildman–Crippen LogP) is 1.28. The van der Waals surface area contributed by atoms with Crippen LogP contribution in [0.3, 0.4) is 0 Å². The van der Waals surface area contributed by atoms with Gasteiger partial charge in [-0.15, -0.1) is 10.2 Å². The molecule has 0 fully saturated rings. The van der Waals surface area contributed by atoms with Crippen LogP contribution in [0.5, 0.6) is 0 Å². The number of benzene rings is 1. The van der Waals surface area contributed by atoms with E-state index in [4.69, 9.17) is 5.11 Å². The molecule has 2 rings (SSSR count). The van der Waals surface area contributed by atoms with Crippen molar-refractivity contribution < 1.29 is 5.11 Å². The maximum atomic E-state index is 9.02. The van der Waals surface area contributed by atoms with Crippen molar-refractivity contribution in [2.24, 2.45) is 7.05 Å². The highest BCUT2D eigenvalue weighted by Crippen LogP contribution is 2.20. The molecule has 4 nitrogen and oxygen atoms in total. The van der Waals surface area contributed by atoms with E-state index in [0.29, 0.717) is 5.82 Å². The minimum atomic E-state index is -0.0879. The molecular formula is C11H13N3O. The van der Waals surface area contributed by atoms with Gasteiger partial charge in [0.2, 0.25) is 0 Å². The summed E-state index contributed by atoms with van der Waals surface area (Å²) in [6, 6.07) is 7.99. The van der Waals surface area contributed by atoms with Gasteiger partial charge in [0.25, 0.3) is 0 Å². The first-order chi connectivity index (χ1) is 7.24. The monoisotopic (exact) mass is 203 g/mol. The second-order valence-corrected chi connectivity index (χ2v) is 3.47. The second kappa shape index (κ2) is 3.82. The fraction of sp³-hybridized carbons (Fsp3) is 0.273. The van der Waals surface area contributed by atoms with Crippen LogP contribution in [-0.4, -0.2) is 19.9 Å². The van der Waals surface area contributed by atoms with E-state index >= 15 is 0 Å². The van der Waals surface area contributed by atoms with Crippen LogP contribution in [0.2, 0.25) is 0 Å². The number of rotatable bonds is 2. The summed E-state index contributed by atoms with van der Waals surface area (Å²) in [4.78, 5) is 0. The summed E-state index contributed by atoms with van der Waals surface area (Å²) < 4.78 is 1.81. The quantitative estimate of drug-likeness (QED) is 0.800. The van der Waals surface area contributed by atoms with Gasteiger partial charge in [0.15, 0.2) is 11.6 Å². The molecule has 0 saturated heterocycles. The van der Waals surface area contributed by atoms with Gasteiger partial charge in [-0.05, 0) is 12.5 Å². The van der Waals surface area contributed by atoms with Crippen molar-refractivity contribution in [1.82, 2.24) is 14.8 Å². The molecule has 1 heterocycles.